The number of carbonyl (C=O) groups is 1. The molecule has 1 rings (SSSR count). The summed E-state index contributed by atoms with van der Waals surface area (Å²) in [6, 6.07) is 4.03. The first-order valence-corrected chi connectivity index (χ1v) is 5.49. The molecule has 17 heavy (non-hydrogen) atoms. The van der Waals surface area contributed by atoms with Crippen molar-refractivity contribution < 1.29 is 13.9 Å². The van der Waals surface area contributed by atoms with E-state index < -0.39 is 5.82 Å². The van der Waals surface area contributed by atoms with Crippen LogP contribution < -0.4 is 15.8 Å². The number of benzene rings is 1. The second kappa shape index (κ2) is 6.20. The predicted molar refractivity (Wildman–Crippen MR) is 63.2 cm³/mol. The highest BCUT2D eigenvalue weighted by molar-refractivity contribution is 5.77. The van der Waals surface area contributed by atoms with Crippen LogP contribution in [0.5, 0.6) is 5.75 Å². The third-order valence-electron chi connectivity index (χ3n) is 2.21. The summed E-state index contributed by atoms with van der Waals surface area (Å²) >= 11 is 0. The van der Waals surface area contributed by atoms with Gasteiger partial charge in [-0.1, -0.05) is 6.07 Å². The molecule has 4 nitrogen and oxygen atoms in total. The zero-order valence-corrected chi connectivity index (χ0v) is 10.00. The Labute approximate surface area is 100.0 Å². The molecule has 3 N–H and O–H groups in total. The Bertz CT molecular complexity index is 394. The van der Waals surface area contributed by atoms with Crippen LogP contribution in [0.3, 0.4) is 0 Å². The van der Waals surface area contributed by atoms with Gasteiger partial charge in [-0.25, -0.2) is 4.39 Å². The van der Waals surface area contributed by atoms with E-state index in [1.807, 2.05) is 6.92 Å². The summed E-state index contributed by atoms with van der Waals surface area (Å²) in [5, 5.41) is 2.58. The molecule has 0 aromatic heterocycles. The van der Waals surface area contributed by atoms with Gasteiger partial charge in [0.1, 0.15) is 11.6 Å². The van der Waals surface area contributed by atoms with Crippen LogP contribution in [0.15, 0.2) is 18.2 Å². The van der Waals surface area contributed by atoms with Crippen LogP contribution in [0.2, 0.25) is 0 Å². The topological polar surface area (TPSA) is 64.3 Å². The standard InChI is InChI=1S/C12H17FN2O2/c1-3-15-12(16)7-17-9-4-5-10(8(2)14)11(13)6-9/h4-6,8H,3,7,14H2,1-2H3,(H,15,16)/t8-/m1/s1. The first kappa shape index (κ1) is 13.4. The van der Waals surface area contributed by atoms with E-state index in [0.717, 1.165) is 0 Å². The van der Waals surface area contributed by atoms with E-state index in [1.165, 1.54) is 6.07 Å². The van der Waals surface area contributed by atoms with Gasteiger partial charge in [0.25, 0.3) is 5.91 Å². The molecule has 0 aliphatic carbocycles. The van der Waals surface area contributed by atoms with E-state index in [2.05, 4.69) is 5.32 Å². The van der Waals surface area contributed by atoms with Crippen molar-refractivity contribution in [3.63, 3.8) is 0 Å². The highest BCUT2D eigenvalue weighted by Gasteiger charge is 2.08. The molecular formula is C12H17FN2O2. The Morgan fingerprint density at radius 1 is 1.59 bits per heavy atom. The lowest BCUT2D eigenvalue weighted by Crippen LogP contribution is -2.28. The number of rotatable bonds is 5. The first-order valence-electron chi connectivity index (χ1n) is 5.49. The number of nitrogens with two attached hydrogens (primary N) is 1. The molecule has 5 heteroatoms. The van der Waals surface area contributed by atoms with Crippen molar-refractivity contribution in [1.29, 1.82) is 0 Å². The quantitative estimate of drug-likeness (QED) is 0.816. The third-order valence-corrected chi connectivity index (χ3v) is 2.21. The van der Waals surface area contributed by atoms with E-state index in [-0.39, 0.29) is 18.6 Å². The molecule has 0 bridgehead atoms. The fraction of sp³-hybridized carbons (Fsp3) is 0.417. The summed E-state index contributed by atoms with van der Waals surface area (Å²) in [4.78, 5) is 11.1. The molecule has 1 atom stereocenters. The molecule has 0 spiro atoms. The van der Waals surface area contributed by atoms with Crippen LogP contribution in [0.25, 0.3) is 0 Å². The molecule has 0 unspecified atom stereocenters. The molecule has 0 aliphatic rings. The highest BCUT2D eigenvalue weighted by atomic mass is 19.1. The first-order chi connectivity index (χ1) is 8.04. The van der Waals surface area contributed by atoms with Gasteiger partial charge in [-0.05, 0) is 19.9 Å². The molecule has 0 saturated heterocycles. The third kappa shape index (κ3) is 4.03. The second-order valence-electron chi connectivity index (χ2n) is 3.71. The molecule has 1 aromatic rings. The number of ether oxygens (including phenoxy) is 1. The van der Waals surface area contributed by atoms with Crippen molar-refractivity contribution in [3.8, 4) is 5.75 Å². The van der Waals surface area contributed by atoms with Crippen molar-refractivity contribution in [2.45, 2.75) is 19.9 Å². The van der Waals surface area contributed by atoms with Crippen LogP contribution in [0.1, 0.15) is 25.5 Å². The van der Waals surface area contributed by atoms with E-state index in [1.54, 1.807) is 19.1 Å². The van der Waals surface area contributed by atoms with Crippen molar-refractivity contribution in [3.05, 3.63) is 29.6 Å². The number of hydrogen-bond acceptors (Lipinski definition) is 3. The molecular weight excluding hydrogens is 223 g/mol. The van der Waals surface area contributed by atoms with Gasteiger partial charge in [0.05, 0.1) is 0 Å². The molecule has 0 saturated carbocycles. The molecule has 0 aliphatic heterocycles. The minimum Gasteiger partial charge on any atom is -0.484 e. The number of hydrogen-bond donors (Lipinski definition) is 2. The Morgan fingerprint density at radius 3 is 2.82 bits per heavy atom. The van der Waals surface area contributed by atoms with Crippen molar-refractivity contribution >= 4 is 5.91 Å². The van der Waals surface area contributed by atoms with Gasteiger partial charge < -0.3 is 15.8 Å². The van der Waals surface area contributed by atoms with Crippen LogP contribution in [0, 0.1) is 5.82 Å². The molecule has 0 fully saturated rings. The monoisotopic (exact) mass is 240 g/mol. The van der Waals surface area contributed by atoms with Gasteiger partial charge in [0, 0.05) is 24.2 Å². The van der Waals surface area contributed by atoms with Crippen molar-refractivity contribution in [2.75, 3.05) is 13.2 Å². The van der Waals surface area contributed by atoms with Crippen molar-refractivity contribution in [2.24, 2.45) is 5.73 Å². The van der Waals surface area contributed by atoms with Crippen LogP contribution >= 0.6 is 0 Å². The average Bonchev–Trinajstić information content (AvgIpc) is 2.26. The minimum atomic E-state index is -0.423. The van der Waals surface area contributed by atoms with Gasteiger partial charge in [0.2, 0.25) is 0 Å². The van der Waals surface area contributed by atoms with E-state index in [0.29, 0.717) is 17.9 Å². The molecule has 0 radical (unpaired) electrons. The maximum absolute atomic E-state index is 13.5. The van der Waals surface area contributed by atoms with Crippen LogP contribution in [0.4, 0.5) is 4.39 Å². The molecule has 1 aromatic carbocycles. The summed E-state index contributed by atoms with van der Waals surface area (Å²) in [5.41, 5.74) is 6.01. The zero-order valence-electron chi connectivity index (χ0n) is 10.00. The fourth-order valence-corrected chi connectivity index (χ4v) is 1.36. The number of likely N-dealkylation sites (N-methyl/N-ethyl adjacent to an activating group) is 1. The lowest BCUT2D eigenvalue weighted by atomic mass is 10.1. The maximum Gasteiger partial charge on any atom is 0.257 e. The minimum absolute atomic E-state index is 0.120. The molecule has 0 heterocycles. The smallest absolute Gasteiger partial charge is 0.257 e. The number of amides is 1. The number of carbonyl (C=O) groups excluding carboxylic acids is 1. The molecule has 1 amide bonds. The summed E-state index contributed by atoms with van der Waals surface area (Å²) in [6.07, 6.45) is 0. The summed E-state index contributed by atoms with van der Waals surface area (Å²) in [7, 11) is 0. The Morgan fingerprint density at radius 2 is 2.29 bits per heavy atom. The van der Waals surface area contributed by atoms with Crippen molar-refractivity contribution in [1.82, 2.24) is 5.32 Å². The second-order valence-corrected chi connectivity index (χ2v) is 3.71. The summed E-state index contributed by atoms with van der Waals surface area (Å²) in [6.45, 7) is 3.94. The van der Waals surface area contributed by atoms with E-state index in [9.17, 15) is 9.18 Å². The lowest BCUT2D eigenvalue weighted by molar-refractivity contribution is -0.122. The Balaban J connectivity index is 2.62. The average molecular weight is 240 g/mol. The summed E-state index contributed by atoms with van der Waals surface area (Å²) in [5.74, 6) is -0.337. The van der Waals surface area contributed by atoms with Gasteiger partial charge >= 0.3 is 0 Å². The Hall–Kier alpha value is -1.62. The van der Waals surface area contributed by atoms with Crippen LogP contribution in [-0.4, -0.2) is 19.1 Å². The van der Waals surface area contributed by atoms with Gasteiger partial charge in [0.15, 0.2) is 6.61 Å². The van der Waals surface area contributed by atoms with Crippen LogP contribution in [-0.2, 0) is 4.79 Å². The number of halogens is 1. The Kier molecular flexibility index (Phi) is 4.90. The normalized spacial score (nSPS) is 12.0. The zero-order chi connectivity index (χ0) is 12.8. The van der Waals surface area contributed by atoms with Gasteiger partial charge in [-0.15, -0.1) is 0 Å². The largest absolute Gasteiger partial charge is 0.484 e. The van der Waals surface area contributed by atoms with E-state index in [4.69, 9.17) is 10.5 Å². The van der Waals surface area contributed by atoms with Gasteiger partial charge in [-0.3, -0.25) is 4.79 Å². The molecule has 94 valence electrons. The summed E-state index contributed by atoms with van der Waals surface area (Å²) < 4.78 is 18.7. The van der Waals surface area contributed by atoms with E-state index >= 15 is 0 Å². The lowest BCUT2D eigenvalue weighted by Gasteiger charge is -2.10. The SMILES string of the molecule is CCNC(=O)COc1ccc([C@@H](C)N)c(F)c1. The maximum atomic E-state index is 13.5. The van der Waals surface area contributed by atoms with Gasteiger partial charge in [-0.2, -0.15) is 0 Å². The fourth-order valence-electron chi connectivity index (χ4n) is 1.36. The predicted octanol–water partition coefficient (Wildman–Crippen LogP) is 1.36. The number of nitrogens with one attached hydrogen (secondary N) is 1. The highest BCUT2D eigenvalue weighted by Crippen LogP contribution is 2.20.